The molecule has 0 fully saturated rings. The molecule has 0 aliphatic carbocycles. The summed E-state index contributed by atoms with van der Waals surface area (Å²) in [5.41, 5.74) is 5.30. The molecule has 1 amide bonds. The molecule has 0 saturated heterocycles. The molecule has 0 spiro atoms. The quantitative estimate of drug-likeness (QED) is 0.710. The van der Waals surface area contributed by atoms with Crippen molar-refractivity contribution in [1.29, 1.82) is 0 Å². The first-order valence-electron chi connectivity index (χ1n) is 7.77. The normalized spacial score (nSPS) is 14.1. The topological polar surface area (TPSA) is 36.1 Å². The van der Waals surface area contributed by atoms with E-state index < -0.39 is 0 Å². The molecule has 0 bridgehead atoms. The number of aryl methyl sites for hydroxylation is 1. The number of halogens is 1. The molecule has 23 heavy (non-hydrogen) atoms. The van der Waals surface area contributed by atoms with E-state index in [-0.39, 0.29) is 5.91 Å². The van der Waals surface area contributed by atoms with Crippen molar-refractivity contribution < 1.29 is 4.79 Å². The maximum Gasteiger partial charge on any atom is 0.254 e. The van der Waals surface area contributed by atoms with E-state index in [1.807, 2.05) is 54.3 Å². The summed E-state index contributed by atoms with van der Waals surface area (Å²) in [4.78, 5) is 18.2. The highest BCUT2D eigenvalue weighted by Gasteiger charge is 2.25. The van der Waals surface area contributed by atoms with E-state index in [0.29, 0.717) is 6.54 Å². The van der Waals surface area contributed by atoms with E-state index in [1.54, 1.807) is 0 Å². The Morgan fingerprint density at radius 2 is 2.04 bits per heavy atom. The van der Waals surface area contributed by atoms with Crippen molar-refractivity contribution in [2.45, 2.75) is 19.9 Å². The standard InChI is InChI=1S/C19H17ClN2O/c1-12-4-2-3-5-14(12)19(23)22-9-8-18-16(11-22)15-10-13(20)6-7-17(15)21-18/h2-7,10,21H,8-9,11H2,1H3. The van der Waals surface area contributed by atoms with Gasteiger partial charge in [0.25, 0.3) is 5.91 Å². The average molecular weight is 325 g/mol. The molecule has 3 aromatic rings. The van der Waals surface area contributed by atoms with Crippen LogP contribution in [0.15, 0.2) is 42.5 Å². The molecule has 1 aliphatic heterocycles. The van der Waals surface area contributed by atoms with E-state index in [2.05, 4.69) is 4.98 Å². The van der Waals surface area contributed by atoms with Crippen molar-refractivity contribution in [2.24, 2.45) is 0 Å². The largest absolute Gasteiger partial charge is 0.358 e. The van der Waals surface area contributed by atoms with Crippen LogP contribution >= 0.6 is 11.6 Å². The second kappa shape index (κ2) is 5.43. The average Bonchev–Trinajstić information content (AvgIpc) is 2.92. The molecule has 3 nitrogen and oxygen atoms in total. The predicted octanol–water partition coefficient (Wildman–Crippen LogP) is 4.33. The summed E-state index contributed by atoms with van der Waals surface area (Å²) in [7, 11) is 0. The molecule has 1 N–H and O–H groups in total. The van der Waals surface area contributed by atoms with Gasteiger partial charge < -0.3 is 9.88 Å². The van der Waals surface area contributed by atoms with E-state index >= 15 is 0 Å². The molecule has 1 aliphatic rings. The number of hydrogen-bond acceptors (Lipinski definition) is 1. The van der Waals surface area contributed by atoms with Crippen LogP contribution in [-0.2, 0) is 13.0 Å². The molecule has 1 aromatic heterocycles. The summed E-state index contributed by atoms with van der Waals surface area (Å²) in [6.45, 7) is 3.34. The molecule has 2 heterocycles. The fourth-order valence-electron chi connectivity index (χ4n) is 3.34. The molecule has 4 heteroatoms. The van der Waals surface area contributed by atoms with Gasteiger partial charge in [0, 0.05) is 52.3 Å². The number of carbonyl (C=O) groups is 1. The third-order valence-electron chi connectivity index (χ3n) is 4.60. The van der Waals surface area contributed by atoms with Gasteiger partial charge in [0.15, 0.2) is 0 Å². The lowest BCUT2D eigenvalue weighted by Crippen LogP contribution is -2.36. The van der Waals surface area contributed by atoms with Gasteiger partial charge in [0.2, 0.25) is 0 Å². The lowest BCUT2D eigenvalue weighted by Gasteiger charge is -2.28. The Labute approximate surface area is 139 Å². The molecule has 0 unspecified atom stereocenters. The highest BCUT2D eigenvalue weighted by atomic mass is 35.5. The molecule has 0 radical (unpaired) electrons. The number of amides is 1. The van der Waals surface area contributed by atoms with Crippen molar-refractivity contribution >= 4 is 28.4 Å². The third-order valence-corrected chi connectivity index (χ3v) is 4.84. The molecule has 0 atom stereocenters. The van der Waals surface area contributed by atoms with Crippen LogP contribution in [0.2, 0.25) is 5.02 Å². The van der Waals surface area contributed by atoms with Crippen LogP contribution in [0, 0.1) is 6.92 Å². The Hall–Kier alpha value is -2.26. The van der Waals surface area contributed by atoms with Crippen LogP contribution in [0.4, 0.5) is 0 Å². The van der Waals surface area contributed by atoms with Gasteiger partial charge in [-0.05, 0) is 36.8 Å². The minimum Gasteiger partial charge on any atom is -0.358 e. The van der Waals surface area contributed by atoms with Gasteiger partial charge >= 0.3 is 0 Å². The first kappa shape index (κ1) is 14.3. The first-order valence-corrected chi connectivity index (χ1v) is 8.15. The number of fused-ring (bicyclic) bond motifs is 3. The minimum atomic E-state index is 0.102. The predicted molar refractivity (Wildman–Crippen MR) is 92.9 cm³/mol. The van der Waals surface area contributed by atoms with Crippen molar-refractivity contribution in [2.75, 3.05) is 6.54 Å². The van der Waals surface area contributed by atoms with E-state index in [9.17, 15) is 4.79 Å². The Morgan fingerprint density at radius 3 is 2.87 bits per heavy atom. The van der Waals surface area contributed by atoms with Crippen molar-refractivity contribution in [1.82, 2.24) is 9.88 Å². The summed E-state index contributed by atoms with van der Waals surface area (Å²) < 4.78 is 0. The van der Waals surface area contributed by atoms with Crippen molar-refractivity contribution in [3.8, 4) is 0 Å². The first-order chi connectivity index (χ1) is 11.1. The minimum absolute atomic E-state index is 0.102. The number of nitrogens with one attached hydrogen (secondary N) is 1. The molecule has 4 rings (SSSR count). The summed E-state index contributed by atoms with van der Waals surface area (Å²) in [5, 5.41) is 1.84. The zero-order valence-corrected chi connectivity index (χ0v) is 13.7. The van der Waals surface area contributed by atoms with Gasteiger partial charge in [-0.1, -0.05) is 29.8 Å². The lowest BCUT2D eigenvalue weighted by atomic mass is 10.0. The number of benzene rings is 2. The summed E-state index contributed by atoms with van der Waals surface area (Å²) >= 11 is 6.14. The van der Waals surface area contributed by atoms with Gasteiger partial charge in [-0.15, -0.1) is 0 Å². The van der Waals surface area contributed by atoms with E-state index in [1.165, 1.54) is 11.3 Å². The zero-order chi connectivity index (χ0) is 16.0. The summed E-state index contributed by atoms with van der Waals surface area (Å²) in [6, 6.07) is 13.6. The van der Waals surface area contributed by atoms with Crippen LogP contribution in [0.25, 0.3) is 10.9 Å². The fourth-order valence-corrected chi connectivity index (χ4v) is 3.52. The number of aromatic amines is 1. The summed E-state index contributed by atoms with van der Waals surface area (Å²) in [6.07, 6.45) is 0.846. The molecular formula is C19H17ClN2O. The van der Waals surface area contributed by atoms with Crippen molar-refractivity contribution in [3.63, 3.8) is 0 Å². The van der Waals surface area contributed by atoms with Gasteiger partial charge in [-0.2, -0.15) is 0 Å². The monoisotopic (exact) mass is 324 g/mol. The maximum atomic E-state index is 12.8. The van der Waals surface area contributed by atoms with Crippen molar-refractivity contribution in [3.05, 3.63) is 69.9 Å². The lowest BCUT2D eigenvalue weighted by molar-refractivity contribution is 0.0734. The molecule has 0 saturated carbocycles. The Balaban J connectivity index is 1.71. The van der Waals surface area contributed by atoms with E-state index in [0.717, 1.165) is 40.0 Å². The van der Waals surface area contributed by atoms with Gasteiger partial charge in [0.1, 0.15) is 0 Å². The number of H-pyrrole nitrogens is 1. The SMILES string of the molecule is Cc1ccccc1C(=O)N1CCc2[nH]c3ccc(Cl)cc3c2C1. The highest BCUT2D eigenvalue weighted by Crippen LogP contribution is 2.30. The molecule has 2 aromatic carbocycles. The Bertz CT molecular complexity index is 913. The second-order valence-corrected chi connectivity index (χ2v) is 6.50. The number of rotatable bonds is 1. The molecular weight excluding hydrogens is 308 g/mol. The number of nitrogens with zero attached hydrogens (tertiary/aromatic N) is 1. The smallest absolute Gasteiger partial charge is 0.254 e. The third kappa shape index (κ3) is 2.41. The van der Waals surface area contributed by atoms with Crippen LogP contribution in [0.1, 0.15) is 27.2 Å². The van der Waals surface area contributed by atoms with Gasteiger partial charge in [-0.3, -0.25) is 4.79 Å². The summed E-state index contributed by atoms with van der Waals surface area (Å²) in [5.74, 6) is 0.102. The van der Waals surface area contributed by atoms with E-state index in [4.69, 9.17) is 11.6 Å². The number of hydrogen-bond donors (Lipinski definition) is 1. The maximum absolute atomic E-state index is 12.8. The van der Waals surface area contributed by atoms with Gasteiger partial charge in [-0.25, -0.2) is 0 Å². The van der Waals surface area contributed by atoms with Crippen LogP contribution < -0.4 is 0 Å². The van der Waals surface area contributed by atoms with Crippen LogP contribution in [-0.4, -0.2) is 22.3 Å². The molecule has 116 valence electrons. The van der Waals surface area contributed by atoms with Crippen LogP contribution in [0.3, 0.4) is 0 Å². The zero-order valence-electron chi connectivity index (χ0n) is 12.9. The van der Waals surface area contributed by atoms with Crippen LogP contribution in [0.5, 0.6) is 0 Å². The fraction of sp³-hybridized carbons (Fsp3) is 0.211. The number of carbonyl (C=O) groups excluding carboxylic acids is 1. The van der Waals surface area contributed by atoms with Gasteiger partial charge in [0.05, 0.1) is 0 Å². The second-order valence-electron chi connectivity index (χ2n) is 6.06. The highest BCUT2D eigenvalue weighted by molar-refractivity contribution is 6.31. The number of aromatic nitrogens is 1. The Morgan fingerprint density at radius 1 is 1.22 bits per heavy atom. The Kier molecular flexibility index (Phi) is 3.38.